The molecule has 200 valence electrons. The summed E-state index contributed by atoms with van der Waals surface area (Å²) in [6.45, 7) is 0.464. The second kappa shape index (κ2) is 9.45. The number of alkyl halides is 3. The van der Waals surface area contributed by atoms with Gasteiger partial charge in [0, 0.05) is 41.4 Å². The molecule has 12 heteroatoms. The van der Waals surface area contributed by atoms with Gasteiger partial charge in [-0.2, -0.15) is 13.2 Å². The lowest BCUT2D eigenvalue weighted by Crippen LogP contribution is -2.38. The zero-order valence-electron chi connectivity index (χ0n) is 20.3. The molecule has 0 saturated carbocycles. The van der Waals surface area contributed by atoms with Crippen LogP contribution in [0, 0.1) is 5.82 Å². The molecule has 0 fully saturated rings. The molecular weight excluding hydrogens is 518 g/mol. The fourth-order valence-electron chi connectivity index (χ4n) is 5.07. The van der Waals surface area contributed by atoms with Crippen molar-refractivity contribution in [3.8, 4) is 5.75 Å². The number of hydrogen-bond acceptors (Lipinski definition) is 7. The number of anilines is 1. The standard InChI is InChI=1S/C27H21F4N5O3/c28-20-10-21-16(18-12-38-13-19(18)25(32)35-21)9-17(20)26(37)36(11-24-33-5-1-6-34-24)22-4-7-39-23-8-14(27(29,30)31)2-3-15(22)23/h1-3,5-6,8-10,22H,4,7,11-13H2,(H2,32,35). The quantitative estimate of drug-likeness (QED) is 0.366. The number of rotatable bonds is 4. The second-order valence-corrected chi connectivity index (χ2v) is 9.30. The number of nitrogen functional groups attached to an aromatic ring is 1. The third kappa shape index (κ3) is 4.50. The van der Waals surface area contributed by atoms with Crippen molar-refractivity contribution in [2.24, 2.45) is 0 Å². The third-order valence-corrected chi connectivity index (χ3v) is 6.96. The van der Waals surface area contributed by atoms with Crippen molar-refractivity contribution in [3.05, 3.63) is 88.3 Å². The van der Waals surface area contributed by atoms with Gasteiger partial charge in [-0.15, -0.1) is 0 Å². The van der Waals surface area contributed by atoms with Gasteiger partial charge in [-0.3, -0.25) is 4.79 Å². The first-order chi connectivity index (χ1) is 18.7. The highest BCUT2D eigenvalue weighted by Crippen LogP contribution is 2.41. The molecule has 1 atom stereocenters. The molecular formula is C27H21F4N5O3. The Morgan fingerprint density at radius 1 is 1.10 bits per heavy atom. The maximum atomic E-state index is 15.5. The summed E-state index contributed by atoms with van der Waals surface area (Å²) in [6.07, 6.45) is -1.27. The van der Waals surface area contributed by atoms with E-state index in [-0.39, 0.29) is 55.7 Å². The van der Waals surface area contributed by atoms with Gasteiger partial charge in [0.05, 0.1) is 49.1 Å². The minimum Gasteiger partial charge on any atom is -0.493 e. The zero-order chi connectivity index (χ0) is 27.3. The molecule has 2 aliphatic rings. The number of amides is 1. The highest BCUT2D eigenvalue weighted by atomic mass is 19.4. The predicted octanol–water partition coefficient (Wildman–Crippen LogP) is 4.96. The Morgan fingerprint density at radius 3 is 2.64 bits per heavy atom. The van der Waals surface area contributed by atoms with Crippen LogP contribution in [0.1, 0.15) is 50.9 Å². The summed E-state index contributed by atoms with van der Waals surface area (Å²) in [5.41, 5.74) is 7.03. The van der Waals surface area contributed by atoms with E-state index in [1.807, 2.05) is 0 Å². The van der Waals surface area contributed by atoms with Crippen LogP contribution in [0.15, 0.2) is 48.8 Å². The van der Waals surface area contributed by atoms with Gasteiger partial charge >= 0.3 is 6.18 Å². The lowest BCUT2D eigenvalue weighted by molar-refractivity contribution is -0.137. The molecule has 39 heavy (non-hydrogen) atoms. The zero-order valence-corrected chi connectivity index (χ0v) is 20.3. The molecule has 4 aromatic rings. The van der Waals surface area contributed by atoms with Crippen LogP contribution < -0.4 is 10.5 Å². The Hall–Kier alpha value is -4.32. The number of ether oxygens (including phenoxy) is 2. The summed E-state index contributed by atoms with van der Waals surface area (Å²) >= 11 is 0. The number of nitrogens with two attached hydrogens (primary N) is 1. The summed E-state index contributed by atoms with van der Waals surface area (Å²) in [6, 6.07) is 6.63. The van der Waals surface area contributed by atoms with E-state index in [0.717, 1.165) is 23.8 Å². The molecule has 2 N–H and O–H groups in total. The minimum absolute atomic E-state index is 0.0153. The molecule has 4 heterocycles. The van der Waals surface area contributed by atoms with Crippen LogP contribution in [-0.4, -0.2) is 32.4 Å². The van der Waals surface area contributed by atoms with Crippen LogP contribution in [-0.2, 0) is 30.7 Å². The molecule has 6 rings (SSSR count). The highest BCUT2D eigenvalue weighted by Gasteiger charge is 2.36. The summed E-state index contributed by atoms with van der Waals surface area (Å²) in [7, 11) is 0. The fourth-order valence-corrected chi connectivity index (χ4v) is 5.07. The van der Waals surface area contributed by atoms with Gasteiger partial charge in [0.2, 0.25) is 0 Å². The minimum atomic E-state index is -4.56. The van der Waals surface area contributed by atoms with Crippen LogP contribution in [0.4, 0.5) is 23.4 Å². The van der Waals surface area contributed by atoms with Gasteiger partial charge in [0.1, 0.15) is 23.2 Å². The van der Waals surface area contributed by atoms with E-state index in [1.165, 1.54) is 29.4 Å². The van der Waals surface area contributed by atoms with E-state index in [2.05, 4.69) is 15.0 Å². The number of fused-ring (bicyclic) bond motifs is 4. The van der Waals surface area contributed by atoms with Crippen molar-refractivity contribution in [2.75, 3.05) is 12.3 Å². The molecule has 0 spiro atoms. The normalized spacial score (nSPS) is 16.5. The van der Waals surface area contributed by atoms with Crippen LogP contribution in [0.2, 0.25) is 0 Å². The topological polar surface area (TPSA) is 103 Å². The third-order valence-electron chi connectivity index (χ3n) is 6.96. The van der Waals surface area contributed by atoms with Crippen molar-refractivity contribution in [2.45, 2.75) is 38.4 Å². The van der Waals surface area contributed by atoms with Crippen LogP contribution in [0.25, 0.3) is 10.9 Å². The maximum Gasteiger partial charge on any atom is 0.416 e. The van der Waals surface area contributed by atoms with E-state index in [1.54, 1.807) is 6.07 Å². The van der Waals surface area contributed by atoms with Gasteiger partial charge in [0.15, 0.2) is 0 Å². The number of nitrogens with zero attached hydrogens (tertiary/aromatic N) is 4. The Kier molecular flexibility index (Phi) is 6.06. The average Bonchev–Trinajstić information content (AvgIpc) is 3.42. The van der Waals surface area contributed by atoms with Gasteiger partial charge in [-0.1, -0.05) is 6.07 Å². The number of carbonyl (C=O) groups excluding carboxylic acids is 1. The first-order valence-electron chi connectivity index (χ1n) is 12.1. The Bertz CT molecular complexity index is 1600. The van der Waals surface area contributed by atoms with Crippen molar-refractivity contribution >= 4 is 22.6 Å². The Balaban J connectivity index is 1.46. The van der Waals surface area contributed by atoms with Gasteiger partial charge in [-0.05, 0) is 29.8 Å². The van der Waals surface area contributed by atoms with Gasteiger partial charge in [0.25, 0.3) is 5.91 Å². The van der Waals surface area contributed by atoms with Crippen molar-refractivity contribution in [1.29, 1.82) is 0 Å². The average molecular weight is 539 g/mol. The second-order valence-electron chi connectivity index (χ2n) is 9.30. The van der Waals surface area contributed by atoms with Gasteiger partial charge in [-0.25, -0.2) is 19.3 Å². The molecule has 2 aliphatic heterocycles. The molecule has 0 radical (unpaired) electrons. The van der Waals surface area contributed by atoms with E-state index in [9.17, 15) is 18.0 Å². The maximum absolute atomic E-state index is 15.5. The number of hydrogen-bond donors (Lipinski definition) is 1. The van der Waals surface area contributed by atoms with Crippen molar-refractivity contribution in [3.63, 3.8) is 0 Å². The molecule has 8 nitrogen and oxygen atoms in total. The molecule has 1 unspecified atom stereocenters. The number of benzene rings is 2. The van der Waals surface area contributed by atoms with Crippen LogP contribution >= 0.6 is 0 Å². The molecule has 0 saturated heterocycles. The highest BCUT2D eigenvalue weighted by molar-refractivity contribution is 5.99. The summed E-state index contributed by atoms with van der Waals surface area (Å²) in [5, 5.41) is 0.541. The lowest BCUT2D eigenvalue weighted by atomic mass is 9.95. The largest absolute Gasteiger partial charge is 0.493 e. The Morgan fingerprint density at radius 2 is 1.87 bits per heavy atom. The first kappa shape index (κ1) is 25.0. The molecule has 1 amide bonds. The van der Waals surface area contributed by atoms with E-state index < -0.39 is 29.5 Å². The van der Waals surface area contributed by atoms with Crippen LogP contribution in [0.5, 0.6) is 5.75 Å². The van der Waals surface area contributed by atoms with E-state index >= 15 is 4.39 Å². The summed E-state index contributed by atoms with van der Waals surface area (Å²) in [5.74, 6) is -0.938. The number of pyridine rings is 1. The van der Waals surface area contributed by atoms with E-state index in [4.69, 9.17) is 15.2 Å². The smallest absolute Gasteiger partial charge is 0.416 e. The van der Waals surface area contributed by atoms with Crippen molar-refractivity contribution < 1.29 is 31.8 Å². The Labute approximate surface area is 219 Å². The fraction of sp³-hybridized carbons (Fsp3) is 0.259. The molecule has 0 bridgehead atoms. The van der Waals surface area contributed by atoms with Crippen LogP contribution in [0.3, 0.4) is 0 Å². The van der Waals surface area contributed by atoms with Gasteiger partial charge < -0.3 is 20.1 Å². The first-order valence-corrected chi connectivity index (χ1v) is 12.1. The monoisotopic (exact) mass is 539 g/mol. The van der Waals surface area contributed by atoms with E-state index in [0.29, 0.717) is 22.0 Å². The summed E-state index contributed by atoms with van der Waals surface area (Å²) < 4.78 is 66.5. The molecule has 2 aromatic carbocycles. The lowest BCUT2D eigenvalue weighted by Gasteiger charge is -2.36. The SMILES string of the molecule is Nc1nc2cc(F)c(C(=O)N(Cc3ncccn3)C3CCOc4cc(C(F)(F)F)ccc43)cc2c2c1COC2. The number of halogens is 4. The van der Waals surface area contributed by atoms with Crippen molar-refractivity contribution in [1.82, 2.24) is 19.9 Å². The predicted molar refractivity (Wildman–Crippen MR) is 131 cm³/mol. The number of carbonyl (C=O) groups is 1. The molecule has 0 aliphatic carbocycles. The summed E-state index contributed by atoms with van der Waals surface area (Å²) in [4.78, 5) is 28.1. The number of aromatic nitrogens is 3. The molecule has 2 aromatic heterocycles.